The highest BCUT2D eigenvalue weighted by Gasteiger charge is 2.38. The zero-order valence-corrected chi connectivity index (χ0v) is 12.0. The summed E-state index contributed by atoms with van der Waals surface area (Å²) >= 11 is 5.85. The first-order chi connectivity index (χ1) is 8.35. The Morgan fingerprint density at radius 2 is 2.00 bits per heavy atom. The number of allylic oxidation sites excluding steroid dienone is 2. The van der Waals surface area contributed by atoms with E-state index < -0.39 is 5.38 Å². The predicted octanol–water partition coefficient (Wildman–Crippen LogP) is 3.49. The fourth-order valence-electron chi connectivity index (χ4n) is 2.51. The fourth-order valence-corrected chi connectivity index (χ4v) is 2.57. The van der Waals surface area contributed by atoms with Gasteiger partial charge in [-0.15, -0.1) is 11.6 Å². The largest absolute Gasteiger partial charge is 0.347 e. The first-order valence-electron chi connectivity index (χ1n) is 6.09. The van der Waals surface area contributed by atoms with E-state index in [2.05, 4.69) is 30.9 Å². The number of ketones is 1. The van der Waals surface area contributed by atoms with E-state index in [1.54, 1.807) is 13.0 Å². The van der Waals surface area contributed by atoms with Gasteiger partial charge in [0.25, 0.3) is 0 Å². The molecule has 0 aromatic heterocycles. The SMILES string of the molecule is CC(Cl)C(=O)C=C1N(C)c2ccccc2C1(C)C. The average molecular weight is 264 g/mol. The maximum absolute atomic E-state index is 11.8. The Kier molecular flexibility index (Phi) is 3.24. The van der Waals surface area contributed by atoms with E-state index in [9.17, 15) is 4.79 Å². The number of alkyl halides is 1. The molecule has 0 bridgehead atoms. The number of benzene rings is 1. The summed E-state index contributed by atoms with van der Waals surface area (Å²) in [5.74, 6) is -0.0422. The van der Waals surface area contributed by atoms with Crippen molar-refractivity contribution in [3.05, 3.63) is 41.6 Å². The molecule has 1 aromatic rings. The van der Waals surface area contributed by atoms with Gasteiger partial charge in [0.15, 0.2) is 5.78 Å². The van der Waals surface area contributed by atoms with Gasteiger partial charge in [-0.1, -0.05) is 32.0 Å². The van der Waals surface area contributed by atoms with Gasteiger partial charge < -0.3 is 4.90 Å². The Hall–Kier alpha value is -1.28. The lowest BCUT2D eigenvalue weighted by Crippen LogP contribution is -2.25. The highest BCUT2D eigenvalue weighted by Crippen LogP contribution is 2.46. The van der Waals surface area contributed by atoms with Crippen LogP contribution in [0.3, 0.4) is 0 Å². The van der Waals surface area contributed by atoms with Crippen molar-refractivity contribution >= 4 is 23.1 Å². The van der Waals surface area contributed by atoms with Crippen molar-refractivity contribution in [1.82, 2.24) is 0 Å². The minimum atomic E-state index is -0.481. The first-order valence-corrected chi connectivity index (χ1v) is 6.52. The lowest BCUT2D eigenvalue weighted by atomic mass is 9.83. The van der Waals surface area contributed by atoms with E-state index in [0.29, 0.717) is 0 Å². The van der Waals surface area contributed by atoms with Gasteiger partial charge >= 0.3 is 0 Å². The Morgan fingerprint density at radius 1 is 1.39 bits per heavy atom. The smallest absolute Gasteiger partial charge is 0.174 e. The van der Waals surface area contributed by atoms with Crippen LogP contribution in [0, 0.1) is 0 Å². The Balaban J connectivity index is 2.51. The number of nitrogens with zero attached hydrogens (tertiary/aromatic N) is 1. The Bertz CT molecular complexity index is 517. The van der Waals surface area contributed by atoms with E-state index in [-0.39, 0.29) is 11.2 Å². The summed E-state index contributed by atoms with van der Waals surface area (Å²) in [6.07, 6.45) is 1.68. The van der Waals surface area contributed by atoms with Crippen molar-refractivity contribution in [1.29, 1.82) is 0 Å². The van der Waals surface area contributed by atoms with Gasteiger partial charge in [-0.2, -0.15) is 0 Å². The molecule has 1 unspecified atom stereocenters. The van der Waals surface area contributed by atoms with E-state index in [4.69, 9.17) is 11.6 Å². The number of hydrogen-bond acceptors (Lipinski definition) is 2. The number of para-hydroxylation sites is 1. The fraction of sp³-hybridized carbons (Fsp3) is 0.400. The highest BCUT2D eigenvalue weighted by atomic mass is 35.5. The lowest BCUT2D eigenvalue weighted by Gasteiger charge is -2.24. The van der Waals surface area contributed by atoms with Gasteiger partial charge in [-0.3, -0.25) is 4.79 Å². The number of carbonyl (C=O) groups is 1. The Labute approximate surface area is 113 Å². The van der Waals surface area contributed by atoms with Gasteiger partial charge in [-0.25, -0.2) is 0 Å². The first kappa shape index (κ1) is 13.2. The van der Waals surface area contributed by atoms with Crippen LogP contribution in [0.4, 0.5) is 5.69 Å². The van der Waals surface area contributed by atoms with E-state index in [1.165, 1.54) is 5.56 Å². The second-order valence-corrected chi connectivity index (χ2v) is 5.90. The lowest BCUT2D eigenvalue weighted by molar-refractivity contribution is -0.114. The summed E-state index contributed by atoms with van der Waals surface area (Å²) in [6, 6.07) is 8.23. The van der Waals surface area contributed by atoms with Crippen LogP contribution in [0.25, 0.3) is 0 Å². The number of rotatable bonds is 2. The molecule has 0 amide bonds. The number of fused-ring (bicyclic) bond motifs is 1. The maximum atomic E-state index is 11.8. The van der Waals surface area contributed by atoms with Gasteiger partial charge in [0, 0.05) is 29.9 Å². The van der Waals surface area contributed by atoms with Crippen molar-refractivity contribution < 1.29 is 4.79 Å². The van der Waals surface area contributed by atoms with E-state index in [1.807, 2.05) is 19.2 Å². The molecule has 0 saturated heterocycles. The number of likely N-dealkylation sites (N-methyl/N-ethyl adjacent to an activating group) is 1. The summed E-state index contributed by atoms with van der Waals surface area (Å²) in [4.78, 5) is 13.9. The molecule has 0 radical (unpaired) electrons. The van der Waals surface area contributed by atoms with Crippen LogP contribution < -0.4 is 4.90 Å². The summed E-state index contributed by atoms with van der Waals surface area (Å²) in [5.41, 5.74) is 3.24. The maximum Gasteiger partial charge on any atom is 0.174 e. The molecule has 0 aliphatic carbocycles. The van der Waals surface area contributed by atoms with Gasteiger partial charge in [0.05, 0.1) is 5.38 Å². The topological polar surface area (TPSA) is 20.3 Å². The van der Waals surface area contributed by atoms with Crippen LogP contribution in [-0.4, -0.2) is 18.2 Å². The molecule has 2 rings (SSSR count). The van der Waals surface area contributed by atoms with Crippen LogP contribution in [0.15, 0.2) is 36.0 Å². The quantitative estimate of drug-likeness (QED) is 0.601. The number of anilines is 1. The molecule has 1 aromatic carbocycles. The van der Waals surface area contributed by atoms with E-state index >= 15 is 0 Å². The average Bonchev–Trinajstić information content (AvgIpc) is 2.51. The third-order valence-electron chi connectivity index (χ3n) is 3.61. The van der Waals surface area contributed by atoms with Gasteiger partial charge in [-0.05, 0) is 18.6 Å². The van der Waals surface area contributed by atoms with Crippen LogP contribution in [0.5, 0.6) is 0 Å². The van der Waals surface area contributed by atoms with Crippen molar-refractivity contribution in [3.63, 3.8) is 0 Å². The second-order valence-electron chi connectivity index (χ2n) is 5.25. The van der Waals surface area contributed by atoms with Crippen molar-refractivity contribution in [2.75, 3.05) is 11.9 Å². The number of carbonyl (C=O) groups excluding carboxylic acids is 1. The number of halogens is 1. The normalized spacial score (nSPS) is 20.9. The molecule has 0 fully saturated rings. The predicted molar refractivity (Wildman–Crippen MR) is 76.3 cm³/mol. The van der Waals surface area contributed by atoms with Crippen LogP contribution in [0.2, 0.25) is 0 Å². The summed E-state index contributed by atoms with van der Waals surface area (Å²) in [6.45, 7) is 5.97. The molecule has 2 nitrogen and oxygen atoms in total. The molecular weight excluding hydrogens is 246 g/mol. The minimum absolute atomic E-state index is 0.0422. The summed E-state index contributed by atoms with van der Waals surface area (Å²) in [7, 11) is 1.99. The standard InChI is InChI=1S/C15H18ClNO/c1-10(16)13(18)9-14-15(2,3)11-7-5-6-8-12(11)17(14)4/h5-10H,1-4H3. The summed E-state index contributed by atoms with van der Waals surface area (Å²) in [5, 5.41) is -0.481. The molecular formula is C15H18ClNO. The molecule has 18 heavy (non-hydrogen) atoms. The number of hydrogen-bond donors (Lipinski definition) is 0. The Morgan fingerprint density at radius 3 is 2.56 bits per heavy atom. The molecule has 3 heteroatoms. The van der Waals surface area contributed by atoms with Crippen LogP contribution in [0.1, 0.15) is 26.3 Å². The van der Waals surface area contributed by atoms with E-state index in [0.717, 1.165) is 11.4 Å². The monoisotopic (exact) mass is 263 g/mol. The van der Waals surface area contributed by atoms with Gasteiger partial charge in [0.1, 0.15) is 0 Å². The summed E-state index contributed by atoms with van der Waals surface area (Å²) < 4.78 is 0. The molecule has 0 spiro atoms. The van der Waals surface area contributed by atoms with Crippen molar-refractivity contribution in [2.45, 2.75) is 31.6 Å². The molecule has 1 aliphatic rings. The molecule has 96 valence electrons. The third-order valence-corrected chi connectivity index (χ3v) is 3.83. The van der Waals surface area contributed by atoms with Gasteiger partial charge in [0.2, 0.25) is 0 Å². The second kappa shape index (κ2) is 4.43. The van der Waals surface area contributed by atoms with Crippen LogP contribution >= 0.6 is 11.6 Å². The van der Waals surface area contributed by atoms with Crippen LogP contribution in [-0.2, 0) is 10.2 Å². The molecule has 1 aliphatic heterocycles. The highest BCUT2D eigenvalue weighted by molar-refractivity contribution is 6.32. The zero-order chi connectivity index (χ0) is 13.5. The molecule has 0 saturated carbocycles. The van der Waals surface area contributed by atoms with Crippen molar-refractivity contribution in [2.24, 2.45) is 0 Å². The van der Waals surface area contributed by atoms with Crippen molar-refractivity contribution in [3.8, 4) is 0 Å². The molecule has 1 atom stereocenters. The molecule has 0 N–H and O–H groups in total. The third kappa shape index (κ3) is 1.95. The zero-order valence-electron chi connectivity index (χ0n) is 11.2. The molecule has 1 heterocycles. The minimum Gasteiger partial charge on any atom is -0.347 e.